The Kier molecular flexibility index (Phi) is 4.67. The fraction of sp³-hybridized carbons (Fsp3) is 0.222. The van der Waals surface area contributed by atoms with Crippen LogP contribution < -0.4 is 10.9 Å². The number of rotatable bonds is 5. The van der Waals surface area contributed by atoms with Crippen molar-refractivity contribution in [2.75, 3.05) is 11.1 Å². The Labute approximate surface area is 139 Å². The second-order valence-corrected chi connectivity index (χ2v) is 6.64. The van der Waals surface area contributed by atoms with Crippen LogP contribution >= 0.6 is 11.8 Å². The van der Waals surface area contributed by atoms with Crippen LogP contribution in [0.25, 0.3) is 10.9 Å². The first kappa shape index (κ1) is 15.6. The molecule has 4 nitrogen and oxygen atoms in total. The lowest BCUT2D eigenvalue weighted by atomic mass is 10.1. The Morgan fingerprint density at radius 2 is 1.91 bits per heavy atom. The number of hydrogen-bond donors (Lipinski definition) is 2. The van der Waals surface area contributed by atoms with Gasteiger partial charge in [0, 0.05) is 4.90 Å². The van der Waals surface area contributed by atoms with Gasteiger partial charge in [-0.2, -0.15) is 0 Å². The van der Waals surface area contributed by atoms with Gasteiger partial charge in [0.1, 0.15) is 0 Å². The molecule has 0 aliphatic heterocycles. The zero-order chi connectivity index (χ0) is 16.2. The van der Waals surface area contributed by atoms with Gasteiger partial charge in [0.15, 0.2) is 0 Å². The van der Waals surface area contributed by atoms with Crippen LogP contribution in [0.4, 0.5) is 5.95 Å². The summed E-state index contributed by atoms with van der Waals surface area (Å²) in [5.74, 6) is 1.56. The number of thioether (sulfide) groups is 1. The van der Waals surface area contributed by atoms with E-state index in [1.54, 1.807) is 6.07 Å². The minimum Gasteiger partial charge on any atom is -0.349 e. The fourth-order valence-corrected chi connectivity index (χ4v) is 3.12. The summed E-state index contributed by atoms with van der Waals surface area (Å²) in [5, 5.41) is 3.87. The molecule has 3 aromatic rings. The molecule has 3 rings (SSSR count). The summed E-state index contributed by atoms with van der Waals surface area (Å²) < 4.78 is 0. The van der Waals surface area contributed by atoms with Crippen LogP contribution in [0.5, 0.6) is 0 Å². The first-order chi connectivity index (χ1) is 11.2. The van der Waals surface area contributed by atoms with Gasteiger partial charge in [0.05, 0.1) is 16.9 Å². The molecule has 0 aliphatic carbocycles. The molecule has 1 atom stereocenters. The van der Waals surface area contributed by atoms with Crippen molar-refractivity contribution in [3.05, 3.63) is 64.4 Å². The number of nitrogens with zero attached hydrogens (tertiary/aromatic N) is 1. The van der Waals surface area contributed by atoms with Crippen molar-refractivity contribution in [2.24, 2.45) is 0 Å². The van der Waals surface area contributed by atoms with Crippen molar-refractivity contribution >= 4 is 28.6 Å². The molecule has 0 bridgehead atoms. The fourth-order valence-electron chi connectivity index (χ4n) is 2.46. The van der Waals surface area contributed by atoms with Crippen LogP contribution in [-0.4, -0.2) is 15.7 Å². The average molecular weight is 325 g/mol. The van der Waals surface area contributed by atoms with Gasteiger partial charge in [-0.3, -0.25) is 9.78 Å². The van der Waals surface area contributed by atoms with Crippen LogP contribution in [0.3, 0.4) is 0 Å². The third-order valence-corrected chi connectivity index (χ3v) is 4.55. The maximum atomic E-state index is 12.1. The van der Waals surface area contributed by atoms with Gasteiger partial charge in [0.25, 0.3) is 5.56 Å². The van der Waals surface area contributed by atoms with E-state index in [1.807, 2.05) is 30.0 Å². The van der Waals surface area contributed by atoms with Crippen LogP contribution in [-0.2, 0) is 0 Å². The van der Waals surface area contributed by atoms with E-state index < -0.39 is 0 Å². The maximum absolute atomic E-state index is 12.1. The predicted octanol–water partition coefficient (Wildman–Crippen LogP) is 4.21. The Hall–Kier alpha value is -2.27. The van der Waals surface area contributed by atoms with Crippen molar-refractivity contribution in [1.82, 2.24) is 9.97 Å². The summed E-state index contributed by atoms with van der Waals surface area (Å²) >= 11 is 1.82. The van der Waals surface area contributed by atoms with E-state index in [9.17, 15) is 4.79 Å². The smallest absolute Gasteiger partial charge is 0.260 e. The van der Waals surface area contributed by atoms with E-state index in [0.717, 1.165) is 11.3 Å². The zero-order valence-corrected chi connectivity index (χ0v) is 14.0. The molecule has 1 heterocycles. The van der Waals surface area contributed by atoms with Crippen molar-refractivity contribution in [3.63, 3.8) is 0 Å². The number of aromatic amines is 1. The second kappa shape index (κ2) is 6.87. The largest absolute Gasteiger partial charge is 0.349 e. The predicted molar refractivity (Wildman–Crippen MR) is 97.2 cm³/mol. The van der Waals surface area contributed by atoms with Crippen LogP contribution in [0.1, 0.15) is 25.5 Å². The molecule has 0 saturated carbocycles. The lowest BCUT2D eigenvalue weighted by Gasteiger charge is -2.15. The molecule has 1 unspecified atom stereocenters. The Balaban J connectivity index is 1.82. The number of nitrogens with one attached hydrogen (secondary N) is 2. The third-order valence-electron chi connectivity index (χ3n) is 3.66. The van der Waals surface area contributed by atoms with Gasteiger partial charge in [-0.1, -0.05) is 31.2 Å². The van der Waals surface area contributed by atoms with Crippen molar-refractivity contribution < 1.29 is 0 Å². The van der Waals surface area contributed by atoms with Gasteiger partial charge in [-0.15, -0.1) is 11.8 Å². The number of anilines is 1. The lowest BCUT2D eigenvalue weighted by molar-refractivity contribution is 0.859. The van der Waals surface area contributed by atoms with E-state index in [0.29, 0.717) is 16.9 Å². The first-order valence-corrected chi connectivity index (χ1v) is 8.64. The van der Waals surface area contributed by atoms with Crippen LogP contribution in [0, 0.1) is 0 Å². The van der Waals surface area contributed by atoms with Gasteiger partial charge < -0.3 is 5.32 Å². The molecule has 0 saturated heterocycles. The first-order valence-electron chi connectivity index (χ1n) is 7.65. The topological polar surface area (TPSA) is 57.8 Å². The molecule has 5 heteroatoms. The van der Waals surface area contributed by atoms with Gasteiger partial charge >= 0.3 is 0 Å². The maximum Gasteiger partial charge on any atom is 0.260 e. The molecule has 2 N–H and O–H groups in total. The van der Waals surface area contributed by atoms with E-state index in [1.165, 1.54) is 4.90 Å². The van der Waals surface area contributed by atoms with Crippen LogP contribution in [0.2, 0.25) is 0 Å². The summed E-state index contributed by atoms with van der Waals surface area (Å²) in [4.78, 5) is 20.6. The summed E-state index contributed by atoms with van der Waals surface area (Å²) in [7, 11) is 0. The molecular formula is C18H19N3OS. The molecular weight excluding hydrogens is 306 g/mol. The average Bonchev–Trinajstić information content (AvgIpc) is 2.56. The van der Waals surface area contributed by atoms with Gasteiger partial charge in [-0.05, 0) is 42.5 Å². The second-order valence-electron chi connectivity index (χ2n) is 5.30. The number of fused-ring (bicyclic) bond motifs is 1. The van der Waals surface area contributed by atoms with Gasteiger partial charge in [-0.25, -0.2) is 4.98 Å². The highest BCUT2D eigenvalue weighted by Crippen LogP contribution is 2.22. The third kappa shape index (κ3) is 3.56. The molecule has 118 valence electrons. The number of para-hydroxylation sites is 1. The number of aromatic nitrogens is 2. The van der Waals surface area contributed by atoms with E-state index >= 15 is 0 Å². The van der Waals surface area contributed by atoms with Crippen molar-refractivity contribution in [1.29, 1.82) is 0 Å². The Morgan fingerprint density at radius 3 is 2.65 bits per heavy atom. The summed E-state index contributed by atoms with van der Waals surface area (Å²) in [6.07, 6.45) is 0. The lowest BCUT2D eigenvalue weighted by Crippen LogP contribution is -2.15. The highest BCUT2D eigenvalue weighted by Gasteiger charge is 2.08. The highest BCUT2D eigenvalue weighted by atomic mass is 32.2. The number of benzene rings is 2. The van der Waals surface area contributed by atoms with Crippen molar-refractivity contribution in [2.45, 2.75) is 24.8 Å². The standard InChI is InChI=1S/C18H19N3OS/c1-3-23-14-10-8-13(9-11-14)12(2)19-18-20-16-7-5-4-6-15(16)17(22)21-18/h4-12H,3H2,1-2H3,(H2,19,20,21,22). The van der Waals surface area contributed by atoms with E-state index in [4.69, 9.17) is 0 Å². The molecule has 1 aromatic heterocycles. The summed E-state index contributed by atoms with van der Waals surface area (Å²) in [5.41, 5.74) is 1.72. The van der Waals surface area contributed by atoms with Gasteiger partial charge in [0.2, 0.25) is 5.95 Å². The molecule has 0 fully saturated rings. The minimum atomic E-state index is -0.125. The zero-order valence-electron chi connectivity index (χ0n) is 13.2. The molecule has 2 aromatic carbocycles. The Morgan fingerprint density at radius 1 is 1.17 bits per heavy atom. The number of H-pyrrole nitrogens is 1. The van der Waals surface area contributed by atoms with Crippen LogP contribution in [0.15, 0.2) is 58.2 Å². The molecule has 0 aliphatic rings. The molecule has 0 spiro atoms. The SMILES string of the molecule is CCSc1ccc(C(C)Nc2nc3ccccc3c(=O)[nH]2)cc1. The quantitative estimate of drug-likeness (QED) is 0.690. The minimum absolute atomic E-state index is 0.0555. The molecule has 23 heavy (non-hydrogen) atoms. The van der Waals surface area contributed by atoms with Crippen molar-refractivity contribution in [3.8, 4) is 0 Å². The highest BCUT2D eigenvalue weighted by molar-refractivity contribution is 7.99. The monoisotopic (exact) mass is 325 g/mol. The summed E-state index contributed by atoms with van der Waals surface area (Å²) in [6, 6.07) is 15.9. The molecule has 0 radical (unpaired) electrons. The Bertz CT molecular complexity index is 858. The molecule has 0 amide bonds. The van der Waals surface area contributed by atoms with E-state index in [-0.39, 0.29) is 11.6 Å². The normalized spacial score (nSPS) is 12.3. The number of hydrogen-bond acceptors (Lipinski definition) is 4. The van der Waals surface area contributed by atoms with E-state index in [2.05, 4.69) is 53.4 Å². The summed E-state index contributed by atoms with van der Waals surface area (Å²) in [6.45, 7) is 4.20.